The third-order valence-electron chi connectivity index (χ3n) is 4.70. The number of amides is 1. The Labute approximate surface area is 205 Å². The van der Waals surface area contributed by atoms with Gasteiger partial charge in [-0.1, -0.05) is 47.5 Å². The summed E-state index contributed by atoms with van der Waals surface area (Å²) in [6.07, 6.45) is 3.16. The first-order valence-electron chi connectivity index (χ1n) is 10.2. The lowest BCUT2D eigenvalue weighted by molar-refractivity contribution is 0.0734. The van der Waals surface area contributed by atoms with Crippen molar-refractivity contribution in [3.05, 3.63) is 117 Å². The second-order valence-electron chi connectivity index (χ2n) is 7.16. The van der Waals surface area contributed by atoms with Gasteiger partial charge in [0.15, 0.2) is 5.69 Å². The summed E-state index contributed by atoms with van der Waals surface area (Å²) in [6.45, 7) is 0.397. The predicted octanol–water partition coefficient (Wildman–Crippen LogP) is 5.22. The highest BCUT2D eigenvalue weighted by molar-refractivity contribution is 6.35. The molecule has 4 aromatic rings. The van der Waals surface area contributed by atoms with Crippen LogP contribution >= 0.6 is 23.2 Å². The van der Waals surface area contributed by atoms with E-state index in [-0.39, 0.29) is 5.69 Å². The van der Waals surface area contributed by atoms with Crippen LogP contribution in [0.3, 0.4) is 0 Å². The lowest BCUT2D eigenvalue weighted by Crippen LogP contribution is -2.18. The van der Waals surface area contributed by atoms with Crippen molar-refractivity contribution in [1.82, 2.24) is 15.2 Å². The van der Waals surface area contributed by atoms with E-state index in [0.29, 0.717) is 33.5 Å². The van der Waals surface area contributed by atoms with E-state index in [1.807, 2.05) is 12.1 Å². The Morgan fingerprint density at radius 1 is 1.00 bits per heavy atom. The number of nitrogens with one attached hydrogen (secondary N) is 1. The molecular formula is C25H18Cl2N4O3. The molecule has 9 heteroatoms. The molecule has 1 amide bonds. The third-order valence-corrected chi connectivity index (χ3v) is 5.29. The van der Waals surface area contributed by atoms with E-state index in [2.05, 4.69) is 15.6 Å². The van der Waals surface area contributed by atoms with Crippen LogP contribution in [0.5, 0.6) is 5.75 Å². The zero-order valence-corrected chi connectivity index (χ0v) is 19.2. The number of carbonyl (C=O) groups is 2. The van der Waals surface area contributed by atoms with Crippen LogP contribution in [0.25, 0.3) is 0 Å². The molecule has 0 saturated heterocycles. The van der Waals surface area contributed by atoms with Crippen LogP contribution in [0.4, 0.5) is 0 Å². The summed E-state index contributed by atoms with van der Waals surface area (Å²) in [5.41, 5.74) is 4.66. The fourth-order valence-corrected chi connectivity index (χ4v) is 3.45. The molecule has 1 aromatic heterocycles. The number of hydrazone groups is 1. The molecule has 0 bridgehead atoms. The molecule has 0 spiro atoms. The van der Waals surface area contributed by atoms with Gasteiger partial charge in [-0.25, -0.2) is 10.2 Å². The minimum atomic E-state index is -0.453. The Kier molecular flexibility index (Phi) is 7.37. The molecule has 0 atom stereocenters. The number of aromatic nitrogens is 2. The Balaban J connectivity index is 1.30. The minimum Gasteiger partial charge on any atom is -0.423 e. The second kappa shape index (κ2) is 10.8. The molecule has 4 rings (SSSR count). The van der Waals surface area contributed by atoms with E-state index >= 15 is 0 Å². The molecule has 0 saturated carbocycles. The Bertz CT molecular complexity index is 1340. The van der Waals surface area contributed by atoms with E-state index in [0.717, 1.165) is 5.56 Å². The predicted molar refractivity (Wildman–Crippen MR) is 131 cm³/mol. The maximum absolute atomic E-state index is 12.3. The van der Waals surface area contributed by atoms with Gasteiger partial charge in [0.1, 0.15) is 5.75 Å². The highest BCUT2D eigenvalue weighted by atomic mass is 35.5. The van der Waals surface area contributed by atoms with Gasteiger partial charge >= 0.3 is 5.97 Å². The van der Waals surface area contributed by atoms with Crippen molar-refractivity contribution >= 4 is 41.3 Å². The van der Waals surface area contributed by atoms with Gasteiger partial charge in [0.2, 0.25) is 0 Å². The number of hydrogen-bond acceptors (Lipinski definition) is 5. The molecule has 0 aliphatic heterocycles. The van der Waals surface area contributed by atoms with Gasteiger partial charge in [-0.3, -0.25) is 9.48 Å². The number of halogens is 2. The second-order valence-corrected chi connectivity index (χ2v) is 8.00. The van der Waals surface area contributed by atoms with E-state index in [1.54, 1.807) is 77.6 Å². The summed E-state index contributed by atoms with van der Waals surface area (Å²) < 4.78 is 6.94. The van der Waals surface area contributed by atoms with Crippen LogP contribution in [-0.2, 0) is 6.54 Å². The lowest BCUT2D eigenvalue weighted by atomic mass is 10.2. The molecule has 7 nitrogen and oxygen atoms in total. The zero-order chi connectivity index (χ0) is 23.9. The lowest BCUT2D eigenvalue weighted by Gasteiger charge is -2.05. The first-order chi connectivity index (χ1) is 16.5. The summed E-state index contributed by atoms with van der Waals surface area (Å²) in [5, 5.41) is 9.28. The Morgan fingerprint density at radius 2 is 1.76 bits per heavy atom. The number of rotatable bonds is 7. The number of carbonyl (C=O) groups excluding carboxylic acids is 2. The molecule has 170 valence electrons. The molecular weight excluding hydrogens is 475 g/mol. The van der Waals surface area contributed by atoms with Crippen LogP contribution < -0.4 is 10.2 Å². The van der Waals surface area contributed by atoms with E-state index in [4.69, 9.17) is 27.9 Å². The zero-order valence-electron chi connectivity index (χ0n) is 17.7. The van der Waals surface area contributed by atoms with Gasteiger partial charge in [-0.15, -0.1) is 0 Å². The van der Waals surface area contributed by atoms with Gasteiger partial charge < -0.3 is 4.74 Å². The maximum atomic E-state index is 12.3. The molecule has 0 unspecified atom stereocenters. The summed E-state index contributed by atoms with van der Waals surface area (Å²) in [6, 6.07) is 22.3. The minimum absolute atomic E-state index is 0.213. The molecule has 0 fully saturated rings. The van der Waals surface area contributed by atoms with E-state index < -0.39 is 11.9 Å². The summed E-state index contributed by atoms with van der Waals surface area (Å²) >= 11 is 12.1. The molecule has 1 N–H and O–H groups in total. The van der Waals surface area contributed by atoms with E-state index in [1.165, 1.54) is 6.21 Å². The number of benzene rings is 3. The van der Waals surface area contributed by atoms with Gasteiger partial charge in [0.05, 0.1) is 18.3 Å². The normalized spacial score (nSPS) is 10.9. The number of hydrogen-bond donors (Lipinski definition) is 1. The van der Waals surface area contributed by atoms with Gasteiger partial charge in [0.25, 0.3) is 5.91 Å². The summed E-state index contributed by atoms with van der Waals surface area (Å²) in [4.78, 5) is 24.4. The Hall–Kier alpha value is -3.94. The van der Waals surface area contributed by atoms with Crippen molar-refractivity contribution in [1.29, 1.82) is 0 Å². The fraction of sp³-hybridized carbons (Fsp3) is 0.0400. The highest BCUT2D eigenvalue weighted by Crippen LogP contribution is 2.21. The van der Waals surface area contributed by atoms with Crippen LogP contribution in [0, 0.1) is 0 Å². The molecule has 1 heterocycles. The largest absolute Gasteiger partial charge is 0.423 e. The molecule has 3 aromatic carbocycles. The van der Waals surface area contributed by atoms with Crippen molar-refractivity contribution < 1.29 is 14.3 Å². The number of ether oxygens (including phenoxy) is 1. The average Bonchev–Trinajstić information content (AvgIpc) is 3.31. The van der Waals surface area contributed by atoms with Gasteiger partial charge in [-0.05, 0) is 65.7 Å². The van der Waals surface area contributed by atoms with E-state index in [9.17, 15) is 9.59 Å². The summed E-state index contributed by atoms with van der Waals surface area (Å²) in [7, 11) is 0. The molecule has 0 radical (unpaired) electrons. The monoisotopic (exact) mass is 492 g/mol. The van der Waals surface area contributed by atoms with Crippen molar-refractivity contribution in [3.63, 3.8) is 0 Å². The van der Waals surface area contributed by atoms with Crippen molar-refractivity contribution in [2.75, 3.05) is 0 Å². The quantitative estimate of drug-likeness (QED) is 0.166. The number of esters is 1. The molecule has 0 aliphatic carbocycles. The first kappa shape index (κ1) is 23.2. The molecule has 34 heavy (non-hydrogen) atoms. The third kappa shape index (κ3) is 6.10. The van der Waals surface area contributed by atoms with Crippen LogP contribution in [0.1, 0.15) is 32.0 Å². The highest BCUT2D eigenvalue weighted by Gasteiger charge is 2.10. The van der Waals surface area contributed by atoms with Gasteiger partial charge in [-0.2, -0.15) is 10.2 Å². The van der Waals surface area contributed by atoms with Crippen LogP contribution in [0.15, 0.2) is 90.2 Å². The van der Waals surface area contributed by atoms with Crippen molar-refractivity contribution in [3.8, 4) is 5.75 Å². The SMILES string of the molecule is O=C(Oc1ccc(/C=N\NC(=O)c2ccn(Cc3ccc(Cl)cc3Cl)n2)cc1)c1ccccc1. The smallest absolute Gasteiger partial charge is 0.343 e. The Morgan fingerprint density at radius 3 is 2.50 bits per heavy atom. The fourth-order valence-electron chi connectivity index (χ4n) is 2.98. The maximum Gasteiger partial charge on any atom is 0.343 e. The van der Waals surface area contributed by atoms with Crippen molar-refractivity contribution in [2.45, 2.75) is 6.54 Å². The average molecular weight is 493 g/mol. The summed E-state index contributed by atoms with van der Waals surface area (Å²) in [5.74, 6) is -0.487. The first-order valence-corrected chi connectivity index (χ1v) is 10.9. The standard InChI is InChI=1S/C25H18Cl2N4O3/c26-20-9-8-19(22(27)14-20)16-31-13-12-23(30-31)24(32)29-28-15-17-6-10-21(11-7-17)34-25(33)18-4-2-1-3-5-18/h1-15H,16H2,(H,29,32)/b28-15-. The van der Waals surface area contributed by atoms with Crippen LogP contribution in [0.2, 0.25) is 10.0 Å². The number of nitrogens with zero attached hydrogens (tertiary/aromatic N) is 3. The van der Waals surface area contributed by atoms with Crippen molar-refractivity contribution in [2.24, 2.45) is 5.10 Å². The van der Waals surface area contributed by atoms with Crippen LogP contribution in [-0.4, -0.2) is 27.9 Å². The topological polar surface area (TPSA) is 85.6 Å². The van der Waals surface area contributed by atoms with Gasteiger partial charge in [0, 0.05) is 16.2 Å². The molecule has 0 aliphatic rings.